The lowest BCUT2D eigenvalue weighted by Crippen LogP contribution is -2.31. The van der Waals surface area contributed by atoms with Crippen LogP contribution in [-0.4, -0.2) is 43.8 Å². The zero-order chi connectivity index (χ0) is 35.0. The van der Waals surface area contributed by atoms with E-state index in [0.717, 1.165) is 18.9 Å². The molecule has 1 amide bonds. The third-order valence-corrected chi connectivity index (χ3v) is 10.5. The summed E-state index contributed by atoms with van der Waals surface area (Å²) < 4.78 is 5.03. The Bertz CT molecular complexity index is 597. The second-order valence-electron chi connectivity index (χ2n) is 15.3. The number of alkyl carbamates (subject to hydrolysis) is 1. The monoisotopic (exact) mass is 679 g/mol. The molecular weight excluding hydrogens is 588 g/mol. The van der Waals surface area contributed by atoms with Gasteiger partial charge in [0, 0.05) is 6.54 Å². The number of nitrogens with one attached hydrogen (secondary N) is 1. The first-order valence-corrected chi connectivity index (χ1v) is 22.3. The van der Waals surface area contributed by atoms with E-state index >= 15 is 0 Å². The maximum Gasteiger partial charge on any atom is 0.407 e. The average molecular weight is 679 g/mol. The molecule has 0 spiro atoms. The minimum Gasteiger partial charge on any atom is -0.450 e. The number of nitrogens with zero attached hydrogens (tertiary/aromatic N) is 1. The number of hydrogen-bond acceptors (Lipinski definition) is 3. The van der Waals surface area contributed by atoms with Crippen LogP contribution in [0.3, 0.4) is 0 Å². The topological polar surface area (TPSA) is 41.6 Å². The van der Waals surface area contributed by atoms with E-state index < -0.39 is 0 Å². The van der Waals surface area contributed by atoms with Gasteiger partial charge < -0.3 is 15.0 Å². The summed E-state index contributed by atoms with van der Waals surface area (Å²) in [5, 5.41) is 2.91. The van der Waals surface area contributed by atoms with Gasteiger partial charge in [-0.15, -0.1) is 0 Å². The number of carbonyl (C=O) groups excluding carboxylic acids is 1. The molecule has 4 nitrogen and oxygen atoms in total. The molecular formula is C44H90N2O2. The highest BCUT2D eigenvalue weighted by atomic mass is 16.5. The van der Waals surface area contributed by atoms with E-state index in [9.17, 15) is 4.79 Å². The summed E-state index contributed by atoms with van der Waals surface area (Å²) in [5.74, 6) is 0.983. The highest BCUT2D eigenvalue weighted by Gasteiger charge is 2.10. The van der Waals surface area contributed by atoms with Crippen LogP contribution in [0.25, 0.3) is 0 Å². The lowest BCUT2D eigenvalue weighted by atomic mass is 9.89. The standard InChI is InChI=1S/C44H90N2O2/c1-5-9-12-15-18-19-20-21-22-23-28-33-40-46(42-35-39-45-44(47)48-8-4)41-34-29-24-27-32-38-43(36-30-25-16-13-10-6-2)37-31-26-17-14-11-7-3/h43H,5-42H2,1-4H3,(H,45,47). The van der Waals surface area contributed by atoms with Crippen LogP contribution in [0.2, 0.25) is 0 Å². The van der Waals surface area contributed by atoms with E-state index in [4.69, 9.17) is 4.74 Å². The first-order chi connectivity index (χ1) is 23.7. The fraction of sp³-hybridized carbons (Fsp3) is 0.977. The van der Waals surface area contributed by atoms with Crippen molar-refractivity contribution in [3.05, 3.63) is 0 Å². The molecule has 0 heterocycles. The first kappa shape index (κ1) is 47.2. The normalized spacial score (nSPS) is 11.6. The van der Waals surface area contributed by atoms with Crippen LogP contribution in [0, 0.1) is 5.92 Å². The van der Waals surface area contributed by atoms with E-state index in [1.54, 1.807) is 0 Å². The number of carbonyl (C=O) groups is 1. The van der Waals surface area contributed by atoms with Crippen LogP contribution >= 0.6 is 0 Å². The van der Waals surface area contributed by atoms with E-state index in [1.165, 1.54) is 219 Å². The number of amides is 1. The number of rotatable bonds is 40. The predicted molar refractivity (Wildman–Crippen MR) is 214 cm³/mol. The molecule has 48 heavy (non-hydrogen) atoms. The first-order valence-electron chi connectivity index (χ1n) is 22.3. The van der Waals surface area contributed by atoms with Crippen LogP contribution in [0.5, 0.6) is 0 Å². The van der Waals surface area contributed by atoms with Crippen molar-refractivity contribution < 1.29 is 9.53 Å². The molecule has 1 N–H and O–H groups in total. The molecule has 0 aliphatic carbocycles. The Kier molecular flexibility index (Phi) is 40.0. The Morgan fingerprint density at radius 2 is 0.750 bits per heavy atom. The summed E-state index contributed by atoms with van der Waals surface area (Å²) in [6.45, 7) is 13.5. The van der Waals surface area contributed by atoms with Gasteiger partial charge in [-0.3, -0.25) is 0 Å². The van der Waals surface area contributed by atoms with Crippen LogP contribution in [-0.2, 0) is 4.74 Å². The summed E-state index contributed by atoms with van der Waals surface area (Å²) in [7, 11) is 0. The SMILES string of the molecule is CCCCCCCCCCCCCCN(CCCCCCCC(CCCCCCCC)CCCCCCCC)CCCNC(=O)OCC. The highest BCUT2D eigenvalue weighted by Crippen LogP contribution is 2.25. The van der Waals surface area contributed by atoms with Gasteiger partial charge >= 0.3 is 6.09 Å². The van der Waals surface area contributed by atoms with E-state index in [2.05, 4.69) is 31.0 Å². The molecule has 0 aliphatic heterocycles. The van der Waals surface area contributed by atoms with Crippen molar-refractivity contribution in [2.75, 3.05) is 32.8 Å². The smallest absolute Gasteiger partial charge is 0.407 e. The van der Waals surface area contributed by atoms with Gasteiger partial charge in [0.2, 0.25) is 0 Å². The zero-order valence-corrected chi connectivity index (χ0v) is 33.7. The number of hydrogen-bond donors (Lipinski definition) is 1. The zero-order valence-electron chi connectivity index (χ0n) is 33.7. The summed E-state index contributed by atoms with van der Waals surface area (Å²) in [6, 6.07) is 0. The fourth-order valence-electron chi connectivity index (χ4n) is 7.35. The van der Waals surface area contributed by atoms with Crippen molar-refractivity contribution in [2.24, 2.45) is 5.92 Å². The van der Waals surface area contributed by atoms with Crippen LogP contribution in [0.15, 0.2) is 0 Å². The Labute approximate surface area is 303 Å². The molecule has 0 aromatic heterocycles. The van der Waals surface area contributed by atoms with Crippen molar-refractivity contribution in [3.8, 4) is 0 Å². The van der Waals surface area contributed by atoms with E-state index in [1.807, 2.05) is 6.92 Å². The molecule has 0 aromatic carbocycles. The molecule has 288 valence electrons. The maximum absolute atomic E-state index is 11.7. The summed E-state index contributed by atoms with van der Waals surface area (Å²) >= 11 is 0. The number of ether oxygens (including phenoxy) is 1. The lowest BCUT2D eigenvalue weighted by molar-refractivity contribution is 0.151. The number of unbranched alkanes of at least 4 members (excludes halogenated alkanes) is 25. The van der Waals surface area contributed by atoms with Crippen LogP contribution < -0.4 is 5.32 Å². The van der Waals surface area contributed by atoms with Crippen molar-refractivity contribution in [2.45, 2.75) is 240 Å². The summed E-state index contributed by atoms with van der Waals surface area (Å²) in [6.07, 6.45) is 46.2. The molecule has 4 heteroatoms. The second kappa shape index (κ2) is 40.7. The maximum atomic E-state index is 11.7. The molecule has 0 atom stereocenters. The summed E-state index contributed by atoms with van der Waals surface area (Å²) in [5.41, 5.74) is 0. The van der Waals surface area contributed by atoms with Crippen molar-refractivity contribution in [3.63, 3.8) is 0 Å². The highest BCUT2D eigenvalue weighted by molar-refractivity contribution is 5.66. The second-order valence-corrected chi connectivity index (χ2v) is 15.3. The molecule has 0 saturated heterocycles. The Balaban J connectivity index is 4.28. The minimum absolute atomic E-state index is 0.272. The van der Waals surface area contributed by atoms with Crippen LogP contribution in [0.1, 0.15) is 240 Å². The van der Waals surface area contributed by atoms with Gasteiger partial charge in [0.05, 0.1) is 6.61 Å². The van der Waals surface area contributed by atoms with Gasteiger partial charge in [0.25, 0.3) is 0 Å². The molecule has 0 aromatic rings. The van der Waals surface area contributed by atoms with Gasteiger partial charge in [0.1, 0.15) is 0 Å². The molecule has 0 bridgehead atoms. The van der Waals surface area contributed by atoms with Crippen molar-refractivity contribution in [1.82, 2.24) is 10.2 Å². The van der Waals surface area contributed by atoms with Crippen LogP contribution in [0.4, 0.5) is 4.79 Å². The molecule has 0 rings (SSSR count). The van der Waals surface area contributed by atoms with E-state index in [0.29, 0.717) is 13.2 Å². The minimum atomic E-state index is -0.272. The van der Waals surface area contributed by atoms with Crippen molar-refractivity contribution >= 4 is 6.09 Å². The lowest BCUT2D eigenvalue weighted by Gasteiger charge is -2.22. The Morgan fingerprint density at radius 3 is 1.10 bits per heavy atom. The Morgan fingerprint density at radius 1 is 0.438 bits per heavy atom. The van der Waals surface area contributed by atoms with Gasteiger partial charge in [-0.1, -0.05) is 213 Å². The quantitative estimate of drug-likeness (QED) is 0.0656. The molecule has 0 radical (unpaired) electrons. The van der Waals surface area contributed by atoms with Gasteiger partial charge in [-0.25, -0.2) is 4.79 Å². The molecule has 0 unspecified atom stereocenters. The predicted octanol–water partition coefficient (Wildman–Crippen LogP) is 14.6. The van der Waals surface area contributed by atoms with E-state index in [-0.39, 0.29) is 6.09 Å². The van der Waals surface area contributed by atoms with Gasteiger partial charge in [-0.05, 0) is 51.7 Å². The summed E-state index contributed by atoms with van der Waals surface area (Å²) in [4.78, 5) is 14.4. The third kappa shape index (κ3) is 36.5. The fourth-order valence-corrected chi connectivity index (χ4v) is 7.35. The molecule has 0 fully saturated rings. The van der Waals surface area contributed by atoms with Gasteiger partial charge in [-0.2, -0.15) is 0 Å². The largest absolute Gasteiger partial charge is 0.450 e. The third-order valence-electron chi connectivity index (χ3n) is 10.5. The average Bonchev–Trinajstić information content (AvgIpc) is 3.09. The van der Waals surface area contributed by atoms with Crippen molar-refractivity contribution in [1.29, 1.82) is 0 Å². The Hall–Kier alpha value is -0.770. The van der Waals surface area contributed by atoms with Gasteiger partial charge in [0.15, 0.2) is 0 Å². The molecule has 0 saturated carbocycles. The molecule has 0 aliphatic rings.